The number of hydrogen-bond donors (Lipinski definition) is 3. The molecule has 0 radical (unpaired) electrons. The first kappa shape index (κ1) is 16.1. The Kier molecular flexibility index (Phi) is 3.96. The van der Waals surface area contributed by atoms with Gasteiger partial charge in [-0.3, -0.25) is 9.36 Å². The molecule has 1 saturated heterocycles. The van der Waals surface area contributed by atoms with Gasteiger partial charge in [0.2, 0.25) is 0 Å². The number of aromatic nitrogens is 4. The summed E-state index contributed by atoms with van der Waals surface area (Å²) >= 11 is 0. The average Bonchev–Trinajstić information content (AvgIpc) is 2.99. The van der Waals surface area contributed by atoms with Gasteiger partial charge in [-0.1, -0.05) is 0 Å². The van der Waals surface area contributed by atoms with E-state index in [0.717, 1.165) is 0 Å². The SMILES string of the molecule is CC(C)OC[C@H]1O[C@@H](n2cnc3c(=O)[nH]cnc32)[C@](C)(O)[C@@H]1O. The maximum absolute atomic E-state index is 11.7. The number of rotatable bonds is 4. The third-order valence-corrected chi connectivity index (χ3v) is 3.97. The first-order valence-electron chi connectivity index (χ1n) is 7.40. The van der Waals surface area contributed by atoms with Crippen LogP contribution in [0.2, 0.25) is 0 Å². The highest BCUT2D eigenvalue weighted by Crippen LogP contribution is 2.39. The Bertz CT molecular complexity index is 753. The largest absolute Gasteiger partial charge is 0.387 e. The normalized spacial score (nSPS) is 31.3. The summed E-state index contributed by atoms with van der Waals surface area (Å²) in [4.78, 5) is 22.2. The highest BCUT2D eigenvalue weighted by molar-refractivity contribution is 5.68. The first-order valence-corrected chi connectivity index (χ1v) is 7.40. The van der Waals surface area contributed by atoms with Gasteiger partial charge in [0.05, 0.1) is 25.4 Å². The van der Waals surface area contributed by atoms with Crippen molar-refractivity contribution in [2.24, 2.45) is 0 Å². The van der Waals surface area contributed by atoms with Crippen LogP contribution in [0.5, 0.6) is 0 Å². The predicted molar refractivity (Wildman–Crippen MR) is 79.8 cm³/mol. The Balaban J connectivity index is 1.95. The lowest BCUT2D eigenvalue weighted by molar-refractivity contribution is -0.0977. The molecule has 0 unspecified atom stereocenters. The molecule has 0 saturated carbocycles. The van der Waals surface area contributed by atoms with Crippen molar-refractivity contribution in [1.29, 1.82) is 0 Å². The predicted octanol–water partition coefficient (Wildman–Crippen LogP) is -0.446. The molecule has 0 aromatic carbocycles. The number of nitrogens with zero attached hydrogens (tertiary/aromatic N) is 3. The van der Waals surface area contributed by atoms with Crippen molar-refractivity contribution in [1.82, 2.24) is 19.5 Å². The van der Waals surface area contributed by atoms with Crippen molar-refractivity contribution in [3.05, 3.63) is 23.0 Å². The highest BCUT2D eigenvalue weighted by atomic mass is 16.6. The molecule has 1 fully saturated rings. The molecule has 1 aliphatic heterocycles. The van der Waals surface area contributed by atoms with Crippen LogP contribution < -0.4 is 5.56 Å². The highest BCUT2D eigenvalue weighted by Gasteiger charge is 2.53. The Labute approximate surface area is 131 Å². The third-order valence-electron chi connectivity index (χ3n) is 3.97. The zero-order chi connectivity index (χ0) is 16.8. The number of aromatic amines is 1. The quantitative estimate of drug-likeness (QED) is 0.696. The van der Waals surface area contributed by atoms with Gasteiger partial charge in [0.15, 0.2) is 17.4 Å². The van der Waals surface area contributed by atoms with Gasteiger partial charge in [0.1, 0.15) is 17.8 Å². The molecule has 0 aliphatic carbocycles. The van der Waals surface area contributed by atoms with Crippen molar-refractivity contribution in [3.63, 3.8) is 0 Å². The zero-order valence-corrected chi connectivity index (χ0v) is 13.1. The van der Waals surface area contributed by atoms with E-state index in [2.05, 4.69) is 15.0 Å². The van der Waals surface area contributed by atoms with Crippen LogP contribution in [-0.2, 0) is 9.47 Å². The second kappa shape index (κ2) is 5.68. The van der Waals surface area contributed by atoms with Gasteiger partial charge in [-0.05, 0) is 20.8 Å². The number of H-pyrrole nitrogens is 1. The van der Waals surface area contributed by atoms with Crippen molar-refractivity contribution in [2.75, 3.05) is 6.61 Å². The van der Waals surface area contributed by atoms with Crippen molar-refractivity contribution in [3.8, 4) is 0 Å². The maximum atomic E-state index is 11.7. The van der Waals surface area contributed by atoms with Crippen LogP contribution in [0, 0.1) is 0 Å². The molecule has 0 amide bonds. The molecular formula is C14H20N4O5. The van der Waals surface area contributed by atoms with Crippen LogP contribution in [0.1, 0.15) is 27.0 Å². The van der Waals surface area contributed by atoms with Crippen molar-refractivity contribution >= 4 is 11.2 Å². The van der Waals surface area contributed by atoms with Gasteiger partial charge in [-0.15, -0.1) is 0 Å². The minimum Gasteiger partial charge on any atom is -0.387 e. The van der Waals surface area contributed by atoms with Crippen molar-refractivity contribution in [2.45, 2.75) is 50.9 Å². The smallest absolute Gasteiger partial charge is 0.278 e. The van der Waals surface area contributed by atoms with Crippen molar-refractivity contribution < 1.29 is 19.7 Å². The molecule has 23 heavy (non-hydrogen) atoms. The first-order chi connectivity index (χ1) is 10.8. The lowest BCUT2D eigenvalue weighted by Crippen LogP contribution is -2.44. The van der Waals surface area contributed by atoms with Crippen LogP contribution >= 0.6 is 0 Å². The van der Waals surface area contributed by atoms with Crippen LogP contribution in [-0.4, -0.2) is 60.3 Å². The van der Waals surface area contributed by atoms with E-state index in [4.69, 9.17) is 9.47 Å². The summed E-state index contributed by atoms with van der Waals surface area (Å²) in [5.74, 6) is 0. The molecule has 9 nitrogen and oxygen atoms in total. The Morgan fingerprint density at radius 3 is 2.96 bits per heavy atom. The van der Waals surface area contributed by atoms with Gasteiger partial charge >= 0.3 is 0 Å². The van der Waals surface area contributed by atoms with E-state index in [1.54, 1.807) is 0 Å². The molecule has 126 valence electrons. The summed E-state index contributed by atoms with van der Waals surface area (Å²) in [6, 6.07) is 0. The molecule has 3 N–H and O–H groups in total. The fourth-order valence-corrected chi connectivity index (χ4v) is 2.70. The molecule has 0 spiro atoms. The van der Waals surface area contributed by atoms with E-state index in [1.807, 2.05) is 13.8 Å². The second-order valence-corrected chi connectivity index (χ2v) is 6.14. The number of aliphatic hydroxyl groups excluding tert-OH is 1. The molecule has 9 heteroatoms. The van der Waals surface area contributed by atoms with E-state index >= 15 is 0 Å². The zero-order valence-electron chi connectivity index (χ0n) is 13.1. The number of hydrogen-bond acceptors (Lipinski definition) is 7. The minimum absolute atomic E-state index is 0.0240. The molecule has 1 aliphatic rings. The molecule has 2 aromatic rings. The van der Waals surface area contributed by atoms with E-state index < -0.39 is 24.0 Å². The average molecular weight is 324 g/mol. The van der Waals surface area contributed by atoms with Gasteiger partial charge in [-0.2, -0.15) is 0 Å². The lowest BCUT2D eigenvalue weighted by atomic mass is 9.96. The van der Waals surface area contributed by atoms with Crippen LogP contribution in [0.25, 0.3) is 11.2 Å². The number of nitrogens with one attached hydrogen (secondary N) is 1. The molecule has 2 aromatic heterocycles. The number of aliphatic hydroxyl groups is 2. The van der Waals surface area contributed by atoms with E-state index in [0.29, 0.717) is 0 Å². The summed E-state index contributed by atoms with van der Waals surface area (Å²) in [6.07, 6.45) is -0.184. The molecular weight excluding hydrogens is 304 g/mol. The molecule has 3 heterocycles. The number of ether oxygens (including phenoxy) is 2. The number of fused-ring (bicyclic) bond motifs is 1. The fraction of sp³-hybridized carbons (Fsp3) is 0.643. The second-order valence-electron chi connectivity index (χ2n) is 6.14. The minimum atomic E-state index is -1.58. The summed E-state index contributed by atoms with van der Waals surface area (Å²) in [5, 5.41) is 21.0. The summed E-state index contributed by atoms with van der Waals surface area (Å²) in [6.45, 7) is 5.36. The van der Waals surface area contributed by atoms with E-state index in [9.17, 15) is 15.0 Å². The maximum Gasteiger partial charge on any atom is 0.278 e. The van der Waals surface area contributed by atoms with Crippen LogP contribution in [0.4, 0.5) is 0 Å². The van der Waals surface area contributed by atoms with E-state index in [1.165, 1.54) is 24.1 Å². The Morgan fingerprint density at radius 1 is 1.52 bits per heavy atom. The molecule has 3 rings (SSSR count). The van der Waals surface area contributed by atoms with E-state index in [-0.39, 0.29) is 29.4 Å². The standard InChI is InChI=1S/C14H20N4O5/c1-7(2)22-4-8-10(19)14(3,21)13(23-8)18-6-17-9-11(18)15-5-16-12(9)20/h5-8,10,13,19,21H,4H2,1-3H3,(H,15,16,20)/t8-,10-,13-,14-/m1/s1. The fourth-order valence-electron chi connectivity index (χ4n) is 2.70. The molecule has 0 bridgehead atoms. The summed E-state index contributed by atoms with van der Waals surface area (Å²) in [7, 11) is 0. The van der Waals surface area contributed by atoms with Gasteiger partial charge in [0.25, 0.3) is 5.56 Å². The van der Waals surface area contributed by atoms with Gasteiger partial charge < -0.3 is 24.7 Å². The summed E-state index contributed by atoms with van der Waals surface area (Å²) in [5.41, 5.74) is -1.55. The summed E-state index contributed by atoms with van der Waals surface area (Å²) < 4.78 is 12.7. The Hall–Kier alpha value is -1.81. The Morgan fingerprint density at radius 2 is 2.26 bits per heavy atom. The number of imidazole rings is 1. The monoisotopic (exact) mass is 324 g/mol. The third kappa shape index (κ3) is 2.65. The van der Waals surface area contributed by atoms with Crippen LogP contribution in [0.15, 0.2) is 17.4 Å². The topological polar surface area (TPSA) is 122 Å². The van der Waals surface area contributed by atoms with Gasteiger partial charge in [0, 0.05) is 0 Å². The lowest BCUT2D eigenvalue weighted by Gasteiger charge is -2.27. The van der Waals surface area contributed by atoms with Gasteiger partial charge in [-0.25, -0.2) is 9.97 Å². The van der Waals surface area contributed by atoms with Crippen LogP contribution in [0.3, 0.4) is 0 Å². The molecule has 4 atom stereocenters.